The molecule has 0 amide bonds. The van der Waals surface area contributed by atoms with Gasteiger partial charge in [0.25, 0.3) is 0 Å². The number of ether oxygens (including phenoxy) is 1. The van der Waals surface area contributed by atoms with Gasteiger partial charge in [-0.1, -0.05) is 60.7 Å². The van der Waals surface area contributed by atoms with Crippen LogP contribution in [0.1, 0.15) is 16.8 Å². The van der Waals surface area contributed by atoms with E-state index in [-0.39, 0.29) is 0 Å². The first-order valence-corrected chi connectivity index (χ1v) is 9.36. The Morgan fingerprint density at radius 1 is 0.786 bits per heavy atom. The quantitative estimate of drug-likeness (QED) is 0.443. The highest BCUT2D eigenvalue weighted by Gasteiger charge is 2.02. The lowest BCUT2D eigenvalue weighted by Crippen LogP contribution is -2.03. The third-order valence-corrected chi connectivity index (χ3v) is 4.61. The maximum atomic E-state index is 5.98. The van der Waals surface area contributed by atoms with Crippen LogP contribution in [0.3, 0.4) is 0 Å². The summed E-state index contributed by atoms with van der Waals surface area (Å²) in [4.78, 5) is 4.65. The summed E-state index contributed by atoms with van der Waals surface area (Å²) >= 11 is 0. The van der Waals surface area contributed by atoms with Crippen molar-refractivity contribution in [2.75, 3.05) is 11.1 Å². The molecule has 0 unspecified atom stereocenters. The van der Waals surface area contributed by atoms with E-state index in [0.29, 0.717) is 19.8 Å². The number of hydrogen-bond donors (Lipinski definition) is 2. The van der Waals surface area contributed by atoms with E-state index in [0.717, 1.165) is 33.5 Å². The van der Waals surface area contributed by atoms with Gasteiger partial charge < -0.3 is 15.8 Å². The molecule has 0 saturated carbocycles. The molecule has 28 heavy (non-hydrogen) atoms. The Balaban J connectivity index is 1.33. The molecule has 4 aromatic rings. The zero-order valence-electron chi connectivity index (χ0n) is 15.6. The van der Waals surface area contributed by atoms with Gasteiger partial charge in [0.15, 0.2) is 0 Å². The summed E-state index contributed by atoms with van der Waals surface area (Å²) in [5, 5.41) is 4.52. The fourth-order valence-corrected chi connectivity index (χ4v) is 3.15. The number of anilines is 2. The number of benzene rings is 3. The van der Waals surface area contributed by atoms with E-state index in [1.807, 2.05) is 48.5 Å². The van der Waals surface area contributed by atoms with Gasteiger partial charge in [-0.15, -0.1) is 0 Å². The number of nitrogens with one attached hydrogen (secondary N) is 1. The first-order valence-electron chi connectivity index (χ1n) is 9.36. The highest BCUT2D eigenvalue weighted by molar-refractivity contribution is 5.78. The first-order chi connectivity index (χ1) is 13.8. The molecular weight excluding hydrogens is 346 g/mol. The number of pyridine rings is 1. The molecule has 1 aromatic heterocycles. The minimum Gasteiger partial charge on any atom is -0.397 e. The van der Waals surface area contributed by atoms with Crippen LogP contribution in [0.2, 0.25) is 0 Å². The van der Waals surface area contributed by atoms with E-state index in [1.165, 1.54) is 5.56 Å². The third kappa shape index (κ3) is 4.48. The lowest BCUT2D eigenvalue weighted by molar-refractivity contribution is 0.105. The number of nitrogens with two attached hydrogens (primary N) is 1. The van der Waals surface area contributed by atoms with Crippen LogP contribution < -0.4 is 11.1 Å². The Kier molecular flexibility index (Phi) is 5.50. The molecule has 3 aromatic carbocycles. The van der Waals surface area contributed by atoms with Gasteiger partial charge in [-0.05, 0) is 35.4 Å². The van der Waals surface area contributed by atoms with Crippen molar-refractivity contribution in [3.05, 3.63) is 102 Å². The van der Waals surface area contributed by atoms with Crippen molar-refractivity contribution in [1.29, 1.82) is 0 Å². The predicted molar refractivity (Wildman–Crippen MR) is 115 cm³/mol. The molecular formula is C24H23N3O. The van der Waals surface area contributed by atoms with Crippen LogP contribution in [0.4, 0.5) is 11.4 Å². The van der Waals surface area contributed by atoms with Crippen LogP contribution >= 0.6 is 0 Å². The maximum Gasteiger partial charge on any atom is 0.0892 e. The maximum absolute atomic E-state index is 5.98. The van der Waals surface area contributed by atoms with Crippen molar-refractivity contribution in [1.82, 2.24) is 4.98 Å². The van der Waals surface area contributed by atoms with Crippen LogP contribution in [-0.4, -0.2) is 4.98 Å². The number of rotatable bonds is 7. The topological polar surface area (TPSA) is 60.2 Å². The van der Waals surface area contributed by atoms with Gasteiger partial charge in [0, 0.05) is 11.9 Å². The van der Waals surface area contributed by atoms with Crippen molar-refractivity contribution >= 4 is 22.3 Å². The molecule has 0 aliphatic carbocycles. The number of hydrogen-bond acceptors (Lipinski definition) is 4. The molecule has 0 fully saturated rings. The normalized spacial score (nSPS) is 10.9. The number of nitrogen functional groups attached to an aromatic ring is 1. The van der Waals surface area contributed by atoms with Crippen molar-refractivity contribution in [2.24, 2.45) is 0 Å². The van der Waals surface area contributed by atoms with Crippen LogP contribution in [0.5, 0.6) is 0 Å². The molecule has 4 rings (SSSR count). The van der Waals surface area contributed by atoms with Crippen LogP contribution in [-0.2, 0) is 24.5 Å². The van der Waals surface area contributed by atoms with Gasteiger partial charge in [-0.25, -0.2) is 0 Å². The van der Waals surface area contributed by atoms with E-state index >= 15 is 0 Å². The summed E-state index contributed by atoms with van der Waals surface area (Å²) in [6.45, 7) is 1.76. The zero-order valence-corrected chi connectivity index (χ0v) is 15.6. The molecule has 140 valence electrons. The predicted octanol–water partition coefficient (Wildman–Crippen LogP) is 5.15. The van der Waals surface area contributed by atoms with Gasteiger partial charge in [0.1, 0.15) is 0 Å². The Labute approximate surface area is 165 Å². The SMILES string of the molecule is Nc1ccccc1NCc1cccc(COCc2ccc3ccccc3n2)c1. The summed E-state index contributed by atoms with van der Waals surface area (Å²) in [5.74, 6) is 0. The molecule has 1 heterocycles. The number of fused-ring (bicyclic) bond motifs is 1. The molecule has 0 spiro atoms. The summed E-state index contributed by atoms with van der Waals surface area (Å²) in [6, 6.07) is 28.4. The van der Waals surface area contributed by atoms with Gasteiger partial charge in [0.05, 0.1) is 35.8 Å². The van der Waals surface area contributed by atoms with Crippen molar-refractivity contribution in [3.8, 4) is 0 Å². The van der Waals surface area contributed by atoms with Crippen molar-refractivity contribution < 1.29 is 4.74 Å². The van der Waals surface area contributed by atoms with Crippen molar-refractivity contribution in [3.63, 3.8) is 0 Å². The fourth-order valence-electron chi connectivity index (χ4n) is 3.15. The molecule has 0 aliphatic rings. The second-order valence-electron chi connectivity index (χ2n) is 6.75. The molecule has 0 bridgehead atoms. The third-order valence-electron chi connectivity index (χ3n) is 4.61. The summed E-state index contributed by atoms with van der Waals surface area (Å²) in [5.41, 5.74) is 12.0. The molecule has 0 atom stereocenters. The van der Waals surface area contributed by atoms with E-state index in [9.17, 15) is 0 Å². The zero-order chi connectivity index (χ0) is 19.2. The smallest absolute Gasteiger partial charge is 0.0892 e. The Bertz CT molecular complexity index is 1080. The van der Waals surface area contributed by atoms with Crippen LogP contribution in [0.15, 0.2) is 84.9 Å². The Morgan fingerprint density at radius 2 is 1.61 bits per heavy atom. The minimum absolute atomic E-state index is 0.494. The second kappa shape index (κ2) is 8.55. The lowest BCUT2D eigenvalue weighted by atomic mass is 10.1. The van der Waals surface area contributed by atoms with Crippen LogP contribution in [0, 0.1) is 0 Å². The Hall–Kier alpha value is -3.37. The highest BCUT2D eigenvalue weighted by atomic mass is 16.5. The summed E-state index contributed by atoms with van der Waals surface area (Å²) in [7, 11) is 0. The average Bonchev–Trinajstić information content (AvgIpc) is 2.73. The first kappa shape index (κ1) is 18.0. The van der Waals surface area contributed by atoms with E-state index in [1.54, 1.807) is 0 Å². The number of aromatic nitrogens is 1. The van der Waals surface area contributed by atoms with Gasteiger partial charge in [-0.3, -0.25) is 4.98 Å². The molecule has 4 heteroatoms. The molecule has 0 saturated heterocycles. The number of nitrogens with zero attached hydrogens (tertiary/aromatic N) is 1. The molecule has 0 radical (unpaired) electrons. The molecule has 3 N–H and O–H groups in total. The Morgan fingerprint density at radius 3 is 2.54 bits per heavy atom. The van der Waals surface area contributed by atoms with E-state index in [2.05, 4.69) is 46.7 Å². The monoisotopic (exact) mass is 369 g/mol. The standard InChI is InChI=1S/C24H23N3O/c25-22-9-2-4-11-24(22)26-15-18-6-5-7-19(14-18)16-28-17-21-13-12-20-8-1-3-10-23(20)27-21/h1-14,26H,15-17,25H2. The van der Waals surface area contributed by atoms with Gasteiger partial charge >= 0.3 is 0 Å². The summed E-state index contributed by atoms with van der Waals surface area (Å²) in [6.07, 6.45) is 0. The lowest BCUT2D eigenvalue weighted by Gasteiger charge is -2.10. The van der Waals surface area contributed by atoms with Crippen LogP contribution in [0.25, 0.3) is 10.9 Å². The molecule has 4 nitrogen and oxygen atoms in total. The van der Waals surface area contributed by atoms with Gasteiger partial charge in [-0.2, -0.15) is 0 Å². The number of para-hydroxylation sites is 3. The fraction of sp³-hybridized carbons (Fsp3) is 0.125. The minimum atomic E-state index is 0.494. The average molecular weight is 369 g/mol. The van der Waals surface area contributed by atoms with E-state index in [4.69, 9.17) is 10.5 Å². The largest absolute Gasteiger partial charge is 0.397 e. The molecule has 0 aliphatic heterocycles. The van der Waals surface area contributed by atoms with Gasteiger partial charge in [0.2, 0.25) is 0 Å². The van der Waals surface area contributed by atoms with E-state index < -0.39 is 0 Å². The summed E-state index contributed by atoms with van der Waals surface area (Å²) < 4.78 is 5.89. The second-order valence-corrected chi connectivity index (χ2v) is 6.75. The highest BCUT2D eigenvalue weighted by Crippen LogP contribution is 2.18. The van der Waals surface area contributed by atoms with Crippen molar-refractivity contribution in [2.45, 2.75) is 19.8 Å².